The van der Waals surface area contributed by atoms with E-state index in [0.717, 1.165) is 6.61 Å². The highest BCUT2D eigenvalue weighted by Crippen LogP contribution is 2.31. The molecule has 2 atom stereocenters. The SMILES string of the molecule is CCC1(CC2CCCO2)CCCCN1. The van der Waals surface area contributed by atoms with Gasteiger partial charge in [0, 0.05) is 12.1 Å². The lowest BCUT2D eigenvalue weighted by molar-refractivity contribution is 0.0648. The summed E-state index contributed by atoms with van der Waals surface area (Å²) < 4.78 is 5.74. The first-order valence-electron chi connectivity index (χ1n) is 6.21. The molecule has 2 saturated heterocycles. The minimum absolute atomic E-state index is 0.410. The molecule has 2 heterocycles. The molecule has 14 heavy (non-hydrogen) atoms. The second-order valence-electron chi connectivity index (χ2n) is 4.86. The van der Waals surface area contributed by atoms with Crippen molar-refractivity contribution >= 4 is 0 Å². The number of hydrogen-bond acceptors (Lipinski definition) is 2. The Labute approximate surface area is 87.4 Å². The lowest BCUT2D eigenvalue weighted by atomic mass is 9.81. The van der Waals surface area contributed by atoms with Gasteiger partial charge in [-0.25, -0.2) is 0 Å². The molecule has 1 N–H and O–H groups in total. The Bertz CT molecular complexity index is 169. The third-order valence-corrected chi connectivity index (χ3v) is 3.90. The van der Waals surface area contributed by atoms with Crippen molar-refractivity contribution in [3.63, 3.8) is 0 Å². The molecule has 0 aliphatic carbocycles. The van der Waals surface area contributed by atoms with E-state index in [0.29, 0.717) is 11.6 Å². The highest BCUT2D eigenvalue weighted by atomic mass is 16.5. The van der Waals surface area contributed by atoms with Crippen molar-refractivity contribution < 1.29 is 4.74 Å². The van der Waals surface area contributed by atoms with Crippen LogP contribution in [0.15, 0.2) is 0 Å². The van der Waals surface area contributed by atoms with Crippen LogP contribution in [-0.4, -0.2) is 24.8 Å². The number of rotatable bonds is 3. The maximum atomic E-state index is 5.74. The first kappa shape index (κ1) is 10.4. The first-order valence-corrected chi connectivity index (χ1v) is 6.21. The third kappa shape index (κ3) is 2.29. The smallest absolute Gasteiger partial charge is 0.0593 e. The predicted octanol–water partition coefficient (Wildman–Crippen LogP) is 2.48. The average molecular weight is 197 g/mol. The van der Waals surface area contributed by atoms with Crippen molar-refractivity contribution in [2.24, 2.45) is 0 Å². The molecule has 0 aromatic rings. The molecular formula is C12H23NO. The second kappa shape index (κ2) is 4.63. The monoisotopic (exact) mass is 197 g/mol. The summed E-state index contributed by atoms with van der Waals surface area (Å²) in [6.45, 7) is 4.51. The van der Waals surface area contributed by atoms with Crippen molar-refractivity contribution in [3.05, 3.63) is 0 Å². The Morgan fingerprint density at radius 3 is 2.86 bits per heavy atom. The van der Waals surface area contributed by atoms with Crippen LogP contribution in [0.25, 0.3) is 0 Å². The Hall–Kier alpha value is -0.0800. The topological polar surface area (TPSA) is 21.3 Å². The minimum atomic E-state index is 0.410. The van der Waals surface area contributed by atoms with Crippen LogP contribution in [0, 0.1) is 0 Å². The summed E-state index contributed by atoms with van der Waals surface area (Å²) in [6.07, 6.45) is 9.69. The summed E-state index contributed by atoms with van der Waals surface area (Å²) in [4.78, 5) is 0. The van der Waals surface area contributed by atoms with Gasteiger partial charge in [-0.3, -0.25) is 0 Å². The fourth-order valence-electron chi connectivity index (χ4n) is 2.89. The molecule has 82 valence electrons. The van der Waals surface area contributed by atoms with Gasteiger partial charge in [-0.1, -0.05) is 13.3 Å². The van der Waals surface area contributed by atoms with Gasteiger partial charge >= 0.3 is 0 Å². The van der Waals surface area contributed by atoms with Crippen LogP contribution in [0.5, 0.6) is 0 Å². The van der Waals surface area contributed by atoms with E-state index in [1.807, 2.05) is 0 Å². The summed E-state index contributed by atoms with van der Waals surface area (Å²) in [6, 6.07) is 0. The standard InChI is InChI=1S/C12H23NO/c1-2-12(7-3-4-8-13-12)10-11-6-5-9-14-11/h11,13H,2-10H2,1H3. The van der Waals surface area contributed by atoms with E-state index in [1.54, 1.807) is 0 Å². The van der Waals surface area contributed by atoms with Crippen LogP contribution >= 0.6 is 0 Å². The van der Waals surface area contributed by atoms with Gasteiger partial charge in [-0.15, -0.1) is 0 Å². The van der Waals surface area contributed by atoms with Crippen LogP contribution in [-0.2, 0) is 4.74 Å². The normalized spacial score (nSPS) is 38.8. The molecule has 2 heteroatoms. The second-order valence-corrected chi connectivity index (χ2v) is 4.86. The molecule has 0 aromatic carbocycles. The number of hydrogen-bond donors (Lipinski definition) is 1. The maximum Gasteiger partial charge on any atom is 0.0593 e. The Morgan fingerprint density at radius 2 is 2.29 bits per heavy atom. The van der Waals surface area contributed by atoms with Gasteiger partial charge in [0.1, 0.15) is 0 Å². The predicted molar refractivity (Wildman–Crippen MR) is 58.5 cm³/mol. The largest absolute Gasteiger partial charge is 0.378 e. The molecule has 2 nitrogen and oxygen atoms in total. The van der Waals surface area contributed by atoms with Crippen LogP contribution in [0.3, 0.4) is 0 Å². The number of piperidine rings is 1. The van der Waals surface area contributed by atoms with Gasteiger partial charge in [0.2, 0.25) is 0 Å². The molecule has 2 rings (SSSR count). The van der Waals surface area contributed by atoms with Crippen molar-refractivity contribution in [3.8, 4) is 0 Å². The quantitative estimate of drug-likeness (QED) is 0.750. The van der Waals surface area contributed by atoms with Crippen molar-refractivity contribution in [1.82, 2.24) is 5.32 Å². The Balaban J connectivity index is 1.89. The van der Waals surface area contributed by atoms with E-state index in [1.165, 1.54) is 51.5 Å². The van der Waals surface area contributed by atoms with Gasteiger partial charge in [0.15, 0.2) is 0 Å². The molecule has 0 spiro atoms. The van der Waals surface area contributed by atoms with E-state index in [2.05, 4.69) is 12.2 Å². The summed E-state index contributed by atoms with van der Waals surface area (Å²) >= 11 is 0. The Kier molecular flexibility index (Phi) is 3.45. The van der Waals surface area contributed by atoms with Crippen molar-refractivity contribution in [2.75, 3.05) is 13.2 Å². The third-order valence-electron chi connectivity index (χ3n) is 3.90. The minimum Gasteiger partial charge on any atom is -0.378 e. The number of ether oxygens (including phenoxy) is 1. The Morgan fingerprint density at radius 1 is 1.36 bits per heavy atom. The molecule has 0 aromatic heterocycles. The van der Waals surface area contributed by atoms with Crippen LogP contribution in [0.1, 0.15) is 51.9 Å². The fraction of sp³-hybridized carbons (Fsp3) is 1.00. The maximum absolute atomic E-state index is 5.74. The molecule has 2 aliphatic heterocycles. The molecule has 2 fully saturated rings. The van der Waals surface area contributed by atoms with Gasteiger partial charge in [-0.05, 0) is 45.1 Å². The van der Waals surface area contributed by atoms with Gasteiger partial charge in [-0.2, -0.15) is 0 Å². The molecule has 0 bridgehead atoms. The molecule has 0 radical (unpaired) electrons. The van der Waals surface area contributed by atoms with Crippen LogP contribution in [0.2, 0.25) is 0 Å². The zero-order valence-electron chi connectivity index (χ0n) is 9.35. The highest BCUT2D eigenvalue weighted by molar-refractivity contribution is 4.92. The lowest BCUT2D eigenvalue weighted by Gasteiger charge is -2.39. The average Bonchev–Trinajstić information content (AvgIpc) is 2.72. The summed E-state index contributed by atoms with van der Waals surface area (Å²) in [5.41, 5.74) is 0.410. The fourth-order valence-corrected chi connectivity index (χ4v) is 2.89. The zero-order chi connectivity index (χ0) is 9.86. The van der Waals surface area contributed by atoms with Crippen LogP contribution < -0.4 is 5.32 Å². The van der Waals surface area contributed by atoms with Crippen molar-refractivity contribution in [2.45, 2.75) is 63.5 Å². The summed E-state index contributed by atoms with van der Waals surface area (Å²) in [5.74, 6) is 0. The van der Waals surface area contributed by atoms with Gasteiger partial charge < -0.3 is 10.1 Å². The highest BCUT2D eigenvalue weighted by Gasteiger charge is 2.33. The first-order chi connectivity index (χ1) is 6.85. The summed E-state index contributed by atoms with van der Waals surface area (Å²) in [7, 11) is 0. The van der Waals surface area contributed by atoms with E-state index in [9.17, 15) is 0 Å². The van der Waals surface area contributed by atoms with Crippen LogP contribution in [0.4, 0.5) is 0 Å². The molecule has 2 unspecified atom stereocenters. The molecule has 0 saturated carbocycles. The van der Waals surface area contributed by atoms with E-state index >= 15 is 0 Å². The van der Waals surface area contributed by atoms with Gasteiger partial charge in [0.05, 0.1) is 6.10 Å². The van der Waals surface area contributed by atoms with E-state index in [4.69, 9.17) is 4.74 Å². The molecular weight excluding hydrogens is 174 g/mol. The van der Waals surface area contributed by atoms with Gasteiger partial charge in [0.25, 0.3) is 0 Å². The van der Waals surface area contributed by atoms with Crippen molar-refractivity contribution in [1.29, 1.82) is 0 Å². The zero-order valence-corrected chi connectivity index (χ0v) is 9.35. The molecule has 2 aliphatic rings. The van der Waals surface area contributed by atoms with E-state index < -0.39 is 0 Å². The molecule has 0 amide bonds. The lowest BCUT2D eigenvalue weighted by Crippen LogP contribution is -2.50. The summed E-state index contributed by atoms with van der Waals surface area (Å²) in [5, 5.41) is 3.73. The van der Waals surface area contributed by atoms with E-state index in [-0.39, 0.29) is 0 Å². The number of nitrogens with one attached hydrogen (secondary N) is 1.